The molecule has 1 saturated heterocycles. The molecule has 3 fully saturated rings. The molecule has 3 rings (SSSR count). The summed E-state index contributed by atoms with van der Waals surface area (Å²) in [7, 11) is 0. The number of piperidine rings is 1. The minimum Gasteiger partial charge on any atom is -0.388 e. The largest absolute Gasteiger partial charge is 0.388 e. The lowest BCUT2D eigenvalue weighted by molar-refractivity contribution is -0.121. The maximum atomic E-state index is 11.0. The van der Waals surface area contributed by atoms with E-state index in [-0.39, 0.29) is 5.41 Å². The van der Waals surface area contributed by atoms with Crippen molar-refractivity contribution in [3.05, 3.63) is 0 Å². The van der Waals surface area contributed by atoms with E-state index in [0.717, 1.165) is 31.8 Å². The van der Waals surface area contributed by atoms with Crippen molar-refractivity contribution in [1.29, 1.82) is 0 Å². The van der Waals surface area contributed by atoms with Crippen molar-refractivity contribution >= 4 is 0 Å². The SMILES string of the molecule is NCC1(C2(O)CCCNC2)CC2CCC1C2. The van der Waals surface area contributed by atoms with E-state index < -0.39 is 5.60 Å². The summed E-state index contributed by atoms with van der Waals surface area (Å²) in [5.74, 6) is 1.53. The first kappa shape index (κ1) is 11.0. The summed E-state index contributed by atoms with van der Waals surface area (Å²) in [6.45, 7) is 2.48. The van der Waals surface area contributed by atoms with Gasteiger partial charge in [-0.05, 0) is 50.5 Å². The maximum Gasteiger partial charge on any atom is 0.0842 e. The molecule has 0 aromatic carbocycles. The van der Waals surface area contributed by atoms with Crippen LogP contribution in [0.1, 0.15) is 38.5 Å². The summed E-state index contributed by atoms with van der Waals surface area (Å²) < 4.78 is 0. The Morgan fingerprint density at radius 3 is 2.75 bits per heavy atom. The smallest absolute Gasteiger partial charge is 0.0842 e. The summed E-state index contributed by atoms with van der Waals surface area (Å²) in [6, 6.07) is 0. The second-order valence-electron chi connectivity index (χ2n) is 6.25. The highest BCUT2D eigenvalue weighted by Gasteiger charge is 2.60. The minimum absolute atomic E-state index is 0.0311. The number of nitrogens with one attached hydrogen (secondary N) is 1. The monoisotopic (exact) mass is 224 g/mol. The third-order valence-corrected chi connectivity index (χ3v) is 5.63. The zero-order valence-corrected chi connectivity index (χ0v) is 10.0. The van der Waals surface area contributed by atoms with Gasteiger partial charge in [-0.25, -0.2) is 0 Å². The lowest BCUT2D eigenvalue weighted by atomic mass is 9.60. The highest BCUT2D eigenvalue weighted by molar-refractivity contribution is 5.12. The molecule has 4 atom stereocenters. The standard InChI is InChI=1S/C13H24N2O/c14-8-12(7-10-2-3-11(12)6-10)13(16)4-1-5-15-9-13/h10-11,15-16H,1-9,14H2. The maximum absolute atomic E-state index is 11.0. The van der Waals surface area contributed by atoms with Crippen LogP contribution in [-0.2, 0) is 0 Å². The fourth-order valence-electron chi connectivity index (χ4n) is 4.77. The predicted molar refractivity (Wildman–Crippen MR) is 64.0 cm³/mol. The number of fused-ring (bicyclic) bond motifs is 2. The van der Waals surface area contributed by atoms with Gasteiger partial charge in [0, 0.05) is 18.5 Å². The summed E-state index contributed by atoms with van der Waals surface area (Å²) in [5, 5.41) is 14.4. The van der Waals surface area contributed by atoms with Gasteiger partial charge in [0.15, 0.2) is 0 Å². The van der Waals surface area contributed by atoms with E-state index in [0.29, 0.717) is 12.5 Å². The van der Waals surface area contributed by atoms with Gasteiger partial charge in [0.1, 0.15) is 0 Å². The van der Waals surface area contributed by atoms with Crippen molar-refractivity contribution in [2.24, 2.45) is 23.0 Å². The highest BCUT2D eigenvalue weighted by atomic mass is 16.3. The molecule has 3 nitrogen and oxygen atoms in total. The van der Waals surface area contributed by atoms with Crippen LogP contribution in [0.4, 0.5) is 0 Å². The lowest BCUT2D eigenvalue weighted by Gasteiger charge is -2.51. The molecule has 0 amide bonds. The van der Waals surface area contributed by atoms with Crippen LogP contribution in [0, 0.1) is 17.3 Å². The van der Waals surface area contributed by atoms with Crippen molar-refractivity contribution in [3.8, 4) is 0 Å². The minimum atomic E-state index is -0.528. The molecule has 0 aromatic heterocycles. The molecule has 92 valence electrons. The Morgan fingerprint density at radius 1 is 1.38 bits per heavy atom. The zero-order chi connectivity index (χ0) is 11.2. The Kier molecular flexibility index (Phi) is 2.54. The molecule has 0 radical (unpaired) electrons. The molecule has 2 aliphatic carbocycles. The molecule has 3 heteroatoms. The van der Waals surface area contributed by atoms with Gasteiger partial charge in [-0.3, -0.25) is 0 Å². The van der Waals surface area contributed by atoms with Crippen LogP contribution in [0.3, 0.4) is 0 Å². The van der Waals surface area contributed by atoms with Crippen LogP contribution in [0.5, 0.6) is 0 Å². The van der Waals surface area contributed by atoms with E-state index in [9.17, 15) is 5.11 Å². The topological polar surface area (TPSA) is 58.3 Å². The first-order valence-electron chi connectivity index (χ1n) is 6.83. The van der Waals surface area contributed by atoms with Crippen LogP contribution in [0.15, 0.2) is 0 Å². The number of nitrogens with two attached hydrogens (primary N) is 1. The fourth-order valence-corrected chi connectivity index (χ4v) is 4.77. The van der Waals surface area contributed by atoms with Gasteiger partial charge >= 0.3 is 0 Å². The lowest BCUT2D eigenvalue weighted by Crippen LogP contribution is -2.62. The molecular weight excluding hydrogens is 200 g/mol. The highest BCUT2D eigenvalue weighted by Crippen LogP contribution is 2.61. The summed E-state index contributed by atoms with van der Waals surface area (Å²) >= 11 is 0. The molecule has 4 unspecified atom stereocenters. The van der Waals surface area contributed by atoms with Gasteiger partial charge < -0.3 is 16.2 Å². The van der Waals surface area contributed by atoms with Crippen molar-refractivity contribution in [2.75, 3.05) is 19.6 Å². The van der Waals surface area contributed by atoms with Gasteiger partial charge in [0.2, 0.25) is 0 Å². The molecule has 0 aromatic rings. The molecule has 2 bridgehead atoms. The Bertz CT molecular complexity index is 275. The van der Waals surface area contributed by atoms with Crippen molar-refractivity contribution in [2.45, 2.75) is 44.1 Å². The second kappa shape index (κ2) is 3.69. The van der Waals surface area contributed by atoms with Crippen LogP contribution >= 0.6 is 0 Å². The van der Waals surface area contributed by atoms with Crippen molar-refractivity contribution in [3.63, 3.8) is 0 Å². The van der Waals surface area contributed by atoms with E-state index in [1.807, 2.05) is 0 Å². The van der Waals surface area contributed by atoms with Gasteiger partial charge in [-0.1, -0.05) is 6.42 Å². The van der Waals surface area contributed by atoms with Crippen LogP contribution in [-0.4, -0.2) is 30.3 Å². The van der Waals surface area contributed by atoms with Crippen LogP contribution < -0.4 is 11.1 Å². The normalized spacial score (nSPS) is 52.1. The molecule has 4 N–H and O–H groups in total. The number of hydrogen-bond donors (Lipinski definition) is 3. The Hall–Kier alpha value is -0.120. The number of aliphatic hydroxyl groups is 1. The number of hydrogen-bond acceptors (Lipinski definition) is 3. The van der Waals surface area contributed by atoms with Gasteiger partial charge in [-0.15, -0.1) is 0 Å². The molecular formula is C13H24N2O. The second-order valence-corrected chi connectivity index (χ2v) is 6.25. The van der Waals surface area contributed by atoms with Gasteiger partial charge in [0.05, 0.1) is 5.60 Å². The third-order valence-electron chi connectivity index (χ3n) is 5.63. The Morgan fingerprint density at radius 2 is 2.25 bits per heavy atom. The summed E-state index contributed by atoms with van der Waals surface area (Å²) in [6.07, 6.45) is 7.20. The molecule has 1 heterocycles. The summed E-state index contributed by atoms with van der Waals surface area (Å²) in [5.41, 5.74) is 5.59. The molecule has 2 saturated carbocycles. The van der Waals surface area contributed by atoms with Crippen molar-refractivity contribution < 1.29 is 5.11 Å². The van der Waals surface area contributed by atoms with Gasteiger partial charge in [-0.2, -0.15) is 0 Å². The fraction of sp³-hybridized carbons (Fsp3) is 1.00. The zero-order valence-electron chi connectivity index (χ0n) is 10.0. The molecule has 3 aliphatic rings. The van der Waals surface area contributed by atoms with Crippen LogP contribution in [0.25, 0.3) is 0 Å². The Labute approximate surface area is 97.8 Å². The van der Waals surface area contributed by atoms with E-state index in [2.05, 4.69) is 5.32 Å². The molecule has 1 aliphatic heterocycles. The number of β-amino-alcohol motifs (C(OH)–C–C–N with tert-alkyl or cyclic N) is 1. The van der Waals surface area contributed by atoms with E-state index in [1.54, 1.807) is 0 Å². The van der Waals surface area contributed by atoms with Crippen LogP contribution in [0.2, 0.25) is 0 Å². The van der Waals surface area contributed by atoms with Gasteiger partial charge in [0.25, 0.3) is 0 Å². The average molecular weight is 224 g/mol. The predicted octanol–water partition coefficient (Wildman–Crippen LogP) is 0.866. The van der Waals surface area contributed by atoms with E-state index in [4.69, 9.17) is 5.73 Å². The quantitative estimate of drug-likeness (QED) is 0.652. The molecule has 16 heavy (non-hydrogen) atoms. The van der Waals surface area contributed by atoms with E-state index in [1.165, 1.54) is 25.7 Å². The van der Waals surface area contributed by atoms with Crippen molar-refractivity contribution in [1.82, 2.24) is 5.32 Å². The average Bonchev–Trinajstić information content (AvgIpc) is 2.90. The number of rotatable bonds is 2. The third kappa shape index (κ3) is 1.31. The van der Waals surface area contributed by atoms with E-state index >= 15 is 0 Å². The Balaban J connectivity index is 1.89. The first-order chi connectivity index (χ1) is 7.70. The molecule has 0 spiro atoms. The first-order valence-corrected chi connectivity index (χ1v) is 6.83. The summed E-state index contributed by atoms with van der Waals surface area (Å²) in [4.78, 5) is 0.